The van der Waals surface area contributed by atoms with E-state index in [0.717, 1.165) is 0 Å². The lowest BCUT2D eigenvalue weighted by Gasteiger charge is -2.50. The number of Topliss-reactive ketones (excluding diaryl/α,β-unsaturated/α-hetero) is 6. The van der Waals surface area contributed by atoms with Gasteiger partial charge in [-0.1, -0.05) is 0 Å². The van der Waals surface area contributed by atoms with E-state index in [2.05, 4.69) is 0 Å². The lowest BCUT2D eigenvalue weighted by molar-refractivity contribution is -0.231. The summed E-state index contributed by atoms with van der Waals surface area (Å²) in [6.07, 6.45) is -2.56. The molecule has 0 saturated heterocycles. The van der Waals surface area contributed by atoms with Gasteiger partial charge in [0, 0.05) is 6.92 Å². The molecule has 0 aliphatic rings. The summed E-state index contributed by atoms with van der Waals surface area (Å²) in [5.41, 5.74) is -11.0. The minimum Gasteiger partial charge on any atom is -0.394 e. The summed E-state index contributed by atoms with van der Waals surface area (Å²) >= 11 is 0. The number of hydrogen-bond donors (Lipinski definition) is 4. The van der Waals surface area contributed by atoms with Crippen LogP contribution in [0.15, 0.2) is 0 Å². The first-order valence-corrected chi connectivity index (χ1v) is 7.44. The minimum absolute atomic E-state index is 0.548. The summed E-state index contributed by atoms with van der Waals surface area (Å²) in [6, 6.07) is 0. The SMILES string of the molecule is CC(=O)C(=O)C(C(C)=O)(C(C)=O)[C@](O)(C(C)=O)[C@@](O)(C(C)=O)[C@H](O)CO. The van der Waals surface area contributed by atoms with E-state index < -0.39 is 64.0 Å². The third-order valence-electron chi connectivity index (χ3n) is 4.51. The maximum Gasteiger partial charge on any atom is 0.222 e. The molecule has 0 aromatic carbocycles. The molecule has 10 nitrogen and oxygen atoms in total. The second kappa shape index (κ2) is 7.62. The van der Waals surface area contributed by atoms with Gasteiger partial charge in [-0.3, -0.25) is 28.8 Å². The van der Waals surface area contributed by atoms with Crippen LogP contribution in [0.4, 0.5) is 0 Å². The van der Waals surface area contributed by atoms with Crippen molar-refractivity contribution < 1.29 is 49.2 Å². The molecule has 0 aliphatic heterocycles. The zero-order valence-corrected chi connectivity index (χ0v) is 15.0. The number of hydrogen-bond acceptors (Lipinski definition) is 10. The fourth-order valence-corrected chi connectivity index (χ4v) is 3.19. The van der Waals surface area contributed by atoms with E-state index in [4.69, 9.17) is 5.11 Å². The van der Waals surface area contributed by atoms with Crippen molar-refractivity contribution in [2.75, 3.05) is 6.61 Å². The van der Waals surface area contributed by atoms with Crippen molar-refractivity contribution >= 4 is 34.7 Å². The van der Waals surface area contributed by atoms with Gasteiger partial charge in [0.15, 0.2) is 45.5 Å². The largest absolute Gasteiger partial charge is 0.394 e. The Morgan fingerprint density at radius 1 is 0.769 bits per heavy atom. The Balaban J connectivity index is 7.61. The fraction of sp³-hybridized carbons (Fsp3) is 0.625. The summed E-state index contributed by atoms with van der Waals surface area (Å²) in [5, 5.41) is 40.8. The maximum atomic E-state index is 12.5. The zero-order chi connectivity index (χ0) is 21.2. The monoisotopic (exact) mass is 374 g/mol. The molecule has 146 valence electrons. The first-order chi connectivity index (χ1) is 11.6. The van der Waals surface area contributed by atoms with Gasteiger partial charge in [0.25, 0.3) is 0 Å². The van der Waals surface area contributed by atoms with E-state index in [-0.39, 0.29) is 0 Å². The number of carbonyl (C=O) groups excluding carboxylic acids is 6. The molecule has 0 saturated carbocycles. The molecule has 0 fully saturated rings. The van der Waals surface area contributed by atoms with Crippen molar-refractivity contribution in [3.8, 4) is 0 Å². The summed E-state index contributed by atoms with van der Waals surface area (Å²) in [6.45, 7) is 1.61. The van der Waals surface area contributed by atoms with Crippen molar-refractivity contribution in [3.63, 3.8) is 0 Å². The summed E-state index contributed by atoms with van der Waals surface area (Å²) in [7, 11) is 0. The molecule has 0 spiro atoms. The van der Waals surface area contributed by atoms with E-state index in [0.29, 0.717) is 34.6 Å². The first-order valence-electron chi connectivity index (χ1n) is 7.44. The van der Waals surface area contributed by atoms with Crippen LogP contribution in [0.2, 0.25) is 0 Å². The van der Waals surface area contributed by atoms with E-state index in [1.165, 1.54) is 0 Å². The van der Waals surface area contributed by atoms with Gasteiger partial charge in [-0.05, 0) is 27.7 Å². The van der Waals surface area contributed by atoms with Crippen molar-refractivity contribution in [2.24, 2.45) is 5.41 Å². The maximum absolute atomic E-state index is 12.5. The summed E-state index contributed by atoms with van der Waals surface area (Å²) < 4.78 is 0. The van der Waals surface area contributed by atoms with Crippen LogP contribution in [0.5, 0.6) is 0 Å². The van der Waals surface area contributed by atoms with Crippen LogP contribution in [-0.4, -0.2) is 79.0 Å². The van der Waals surface area contributed by atoms with Crippen LogP contribution in [0, 0.1) is 5.41 Å². The molecule has 26 heavy (non-hydrogen) atoms. The van der Waals surface area contributed by atoms with Crippen molar-refractivity contribution in [2.45, 2.75) is 51.9 Å². The molecule has 0 amide bonds. The molecule has 3 atom stereocenters. The molecular weight excluding hydrogens is 352 g/mol. The minimum atomic E-state index is -3.85. The third-order valence-corrected chi connectivity index (χ3v) is 4.51. The standard InChI is InChI=1S/C16H22O10/c1-7(18)13(24)14(8(2)19,9(3)20)16(26,11(5)22)15(25,10(4)21)12(23)6-17/h12,17,23,25-26H,6H2,1-5H3/t12-,15-,16-/m1/s1. The van der Waals surface area contributed by atoms with Gasteiger partial charge in [0.1, 0.15) is 6.10 Å². The van der Waals surface area contributed by atoms with E-state index >= 15 is 0 Å². The van der Waals surface area contributed by atoms with Gasteiger partial charge >= 0.3 is 0 Å². The van der Waals surface area contributed by atoms with E-state index in [1.807, 2.05) is 0 Å². The Bertz CT molecular complexity index is 665. The topological polar surface area (TPSA) is 183 Å². The Labute approximate surface area is 148 Å². The smallest absolute Gasteiger partial charge is 0.222 e. The molecule has 0 aromatic rings. The van der Waals surface area contributed by atoms with Crippen LogP contribution in [0.25, 0.3) is 0 Å². The number of aliphatic hydroxyl groups is 4. The van der Waals surface area contributed by atoms with Gasteiger partial charge in [0.05, 0.1) is 6.61 Å². The average Bonchev–Trinajstić information content (AvgIpc) is 2.51. The van der Waals surface area contributed by atoms with E-state index in [1.54, 1.807) is 0 Å². The van der Waals surface area contributed by atoms with E-state index in [9.17, 15) is 44.1 Å². The molecule has 0 bridgehead atoms. The van der Waals surface area contributed by atoms with Crippen LogP contribution in [0.3, 0.4) is 0 Å². The molecule has 0 aromatic heterocycles. The number of ketones is 6. The Morgan fingerprint density at radius 3 is 1.35 bits per heavy atom. The average molecular weight is 374 g/mol. The summed E-state index contributed by atoms with van der Waals surface area (Å²) in [4.78, 5) is 73.1. The predicted octanol–water partition coefficient (Wildman–Crippen LogP) is -2.70. The predicted molar refractivity (Wildman–Crippen MR) is 83.8 cm³/mol. The van der Waals surface area contributed by atoms with Crippen molar-refractivity contribution in [1.29, 1.82) is 0 Å². The highest BCUT2D eigenvalue weighted by molar-refractivity contribution is 6.49. The fourth-order valence-electron chi connectivity index (χ4n) is 3.19. The molecule has 4 N–H and O–H groups in total. The second-order valence-corrected chi connectivity index (χ2v) is 6.04. The lowest BCUT2D eigenvalue weighted by Crippen LogP contribution is -2.80. The van der Waals surface area contributed by atoms with Crippen LogP contribution >= 0.6 is 0 Å². The van der Waals surface area contributed by atoms with Crippen LogP contribution in [0.1, 0.15) is 34.6 Å². The molecule has 0 radical (unpaired) electrons. The van der Waals surface area contributed by atoms with Gasteiger partial charge < -0.3 is 20.4 Å². The lowest BCUT2D eigenvalue weighted by atomic mass is 9.53. The van der Waals surface area contributed by atoms with Gasteiger partial charge in [0.2, 0.25) is 5.78 Å². The van der Waals surface area contributed by atoms with Gasteiger partial charge in [-0.25, -0.2) is 0 Å². The Hall–Kier alpha value is -2.14. The third kappa shape index (κ3) is 2.84. The normalized spacial score (nSPS) is 17.4. The summed E-state index contributed by atoms with van der Waals surface area (Å²) in [5.74, 6) is -9.43. The highest BCUT2D eigenvalue weighted by atomic mass is 16.4. The van der Waals surface area contributed by atoms with Crippen molar-refractivity contribution in [1.82, 2.24) is 0 Å². The molecule has 10 heteroatoms. The van der Waals surface area contributed by atoms with Crippen molar-refractivity contribution in [3.05, 3.63) is 0 Å². The highest BCUT2D eigenvalue weighted by Gasteiger charge is 2.76. The Morgan fingerprint density at radius 2 is 1.15 bits per heavy atom. The molecule has 0 unspecified atom stereocenters. The number of rotatable bonds is 10. The number of aliphatic hydroxyl groups excluding tert-OH is 2. The van der Waals surface area contributed by atoms with Crippen LogP contribution in [-0.2, 0) is 28.8 Å². The Kier molecular flexibility index (Phi) is 6.99. The first kappa shape index (κ1) is 23.9. The van der Waals surface area contributed by atoms with Gasteiger partial charge in [-0.15, -0.1) is 0 Å². The molecular formula is C16H22O10. The molecule has 0 aliphatic carbocycles. The number of carbonyl (C=O) groups is 6. The second-order valence-electron chi connectivity index (χ2n) is 6.04. The highest BCUT2D eigenvalue weighted by Crippen LogP contribution is 2.45. The quantitative estimate of drug-likeness (QED) is 0.232. The molecule has 0 heterocycles. The molecule has 0 rings (SSSR count). The van der Waals surface area contributed by atoms with Gasteiger partial charge in [-0.2, -0.15) is 0 Å². The van der Waals surface area contributed by atoms with Crippen LogP contribution < -0.4 is 0 Å². The zero-order valence-electron chi connectivity index (χ0n) is 15.0.